The van der Waals surface area contributed by atoms with E-state index in [4.69, 9.17) is 13.3 Å². The molecule has 1 aliphatic carbocycles. The first-order valence-electron chi connectivity index (χ1n) is 13.5. The van der Waals surface area contributed by atoms with Crippen LogP contribution in [0.2, 0.25) is 0 Å². The minimum absolute atomic E-state index is 0.0320. The molecule has 200 valence electrons. The molecule has 1 amide bonds. The molecule has 2 heterocycles. The van der Waals surface area contributed by atoms with Crippen LogP contribution < -0.4 is 5.59 Å². The highest BCUT2D eigenvalue weighted by molar-refractivity contribution is 6.30. The minimum atomic E-state index is -1.21. The van der Waals surface area contributed by atoms with Gasteiger partial charge in [0.1, 0.15) is 19.4 Å². The lowest BCUT2D eigenvalue weighted by Gasteiger charge is -2.42. The fourth-order valence-electron chi connectivity index (χ4n) is 5.18. The molecule has 1 saturated carbocycles. The lowest BCUT2D eigenvalue weighted by Crippen LogP contribution is -2.50. The van der Waals surface area contributed by atoms with E-state index >= 15 is 0 Å². The van der Waals surface area contributed by atoms with E-state index < -0.39 is 5.72 Å². The van der Waals surface area contributed by atoms with Gasteiger partial charge >= 0.3 is 0 Å². The Morgan fingerprint density at radius 1 is 1.32 bits per heavy atom. The molecule has 2 unspecified atom stereocenters. The number of aryl methyl sites for hydroxylation is 1. The number of H-pyrrole nitrogens is 1. The van der Waals surface area contributed by atoms with Crippen LogP contribution in [0.25, 0.3) is 5.57 Å². The SMILES string of the molecule is CC.CCCC=N.[B]c1ccc(C(=C)CC2CC(C(=O)N3C(c4cc(C)cc(F)c4)CCC3(C)O)C2)[nH]1. The van der Waals surface area contributed by atoms with E-state index in [-0.39, 0.29) is 23.7 Å². The van der Waals surface area contributed by atoms with Gasteiger partial charge in [-0.1, -0.05) is 45.9 Å². The predicted molar refractivity (Wildman–Crippen MR) is 152 cm³/mol. The Hall–Kier alpha value is -2.67. The third-order valence-electron chi connectivity index (χ3n) is 7.05. The fourth-order valence-corrected chi connectivity index (χ4v) is 5.18. The quantitative estimate of drug-likeness (QED) is 0.307. The number of nitrogens with one attached hydrogen (secondary N) is 2. The van der Waals surface area contributed by atoms with E-state index in [1.54, 1.807) is 11.8 Å². The Morgan fingerprint density at radius 2 is 2.00 bits per heavy atom. The van der Waals surface area contributed by atoms with Crippen molar-refractivity contribution >= 4 is 31.1 Å². The summed E-state index contributed by atoms with van der Waals surface area (Å²) in [5.74, 6) is -0.0665. The van der Waals surface area contributed by atoms with Gasteiger partial charge in [-0.25, -0.2) is 4.39 Å². The second kappa shape index (κ2) is 13.8. The molecule has 0 spiro atoms. The van der Waals surface area contributed by atoms with E-state index in [0.29, 0.717) is 24.4 Å². The summed E-state index contributed by atoms with van der Waals surface area (Å²) in [6.45, 7) is 13.7. The molecule has 2 aromatic rings. The van der Waals surface area contributed by atoms with Gasteiger partial charge in [0.05, 0.1) is 6.04 Å². The third-order valence-corrected chi connectivity index (χ3v) is 7.05. The van der Waals surface area contributed by atoms with Gasteiger partial charge in [0, 0.05) is 11.6 Å². The lowest BCUT2D eigenvalue weighted by molar-refractivity contribution is -0.162. The summed E-state index contributed by atoms with van der Waals surface area (Å²) in [5, 5.41) is 17.4. The highest BCUT2D eigenvalue weighted by atomic mass is 19.1. The van der Waals surface area contributed by atoms with Crippen LogP contribution in [0.5, 0.6) is 0 Å². The van der Waals surface area contributed by atoms with E-state index in [9.17, 15) is 14.3 Å². The van der Waals surface area contributed by atoms with Crippen molar-refractivity contribution in [2.24, 2.45) is 11.8 Å². The Labute approximate surface area is 223 Å². The summed E-state index contributed by atoms with van der Waals surface area (Å²) in [4.78, 5) is 18.0. The Bertz CT molecular complexity index is 1040. The first-order chi connectivity index (χ1) is 17.6. The highest BCUT2D eigenvalue weighted by Crippen LogP contribution is 2.47. The summed E-state index contributed by atoms with van der Waals surface area (Å²) >= 11 is 0. The van der Waals surface area contributed by atoms with Crippen LogP contribution >= 0.6 is 0 Å². The Morgan fingerprint density at radius 3 is 2.51 bits per heavy atom. The number of likely N-dealkylation sites (tertiary alicyclic amines) is 1. The molecule has 1 aromatic carbocycles. The molecule has 0 bridgehead atoms. The fraction of sp³-hybridized carbons (Fsp3) is 0.533. The molecule has 2 aliphatic rings. The molecule has 3 N–H and O–H groups in total. The second-order valence-electron chi connectivity index (χ2n) is 10.2. The number of benzene rings is 1. The van der Waals surface area contributed by atoms with Crippen LogP contribution in [-0.4, -0.2) is 40.7 Å². The smallest absolute Gasteiger partial charge is 0.228 e. The van der Waals surface area contributed by atoms with E-state index in [1.165, 1.54) is 18.3 Å². The van der Waals surface area contributed by atoms with Gasteiger partial charge in [-0.3, -0.25) is 4.79 Å². The topological polar surface area (TPSA) is 80.2 Å². The number of halogens is 1. The van der Waals surface area contributed by atoms with Gasteiger partial charge in [-0.05, 0) is 105 Å². The summed E-state index contributed by atoms with van der Waals surface area (Å²) in [6, 6.07) is 8.31. The van der Waals surface area contributed by atoms with Gasteiger partial charge in [0.25, 0.3) is 0 Å². The van der Waals surface area contributed by atoms with E-state index in [2.05, 4.69) is 18.5 Å². The molecule has 1 aliphatic heterocycles. The molecule has 2 radical (unpaired) electrons. The van der Waals surface area contributed by atoms with Crippen molar-refractivity contribution in [1.82, 2.24) is 9.88 Å². The summed E-state index contributed by atoms with van der Waals surface area (Å²) in [6.07, 6.45) is 6.93. The van der Waals surface area contributed by atoms with Crippen molar-refractivity contribution in [3.8, 4) is 0 Å². The van der Waals surface area contributed by atoms with Crippen molar-refractivity contribution in [3.05, 3.63) is 59.5 Å². The Balaban J connectivity index is 0.000000617. The molecule has 7 heteroatoms. The molecule has 4 rings (SSSR count). The van der Waals surface area contributed by atoms with Crippen molar-refractivity contribution in [1.29, 1.82) is 5.41 Å². The third kappa shape index (κ3) is 7.91. The number of carbonyl (C=O) groups excluding carboxylic acids is 1. The van der Waals surface area contributed by atoms with Crippen LogP contribution in [0, 0.1) is 30.0 Å². The number of aromatic nitrogens is 1. The Kier molecular flexibility index (Phi) is 11.4. The molecular weight excluding hydrogens is 464 g/mol. The number of aromatic amines is 1. The average molecular weight is 508 g/mol. The van der Waals surface area contributed by atoms with Crippen molar-refractivity contribution in [2.45, 2.75) is 91.3 Å². The van der Waals surface area contributed by atoms with Crippen LogP contribution in [0.1, 0.15) is 95.5 Å². The maximum absolute atomic E-state index is 14.0. The van der Waals surface area contributed by atoms with Crippen LogP contribution in [0.3, 0.4) is 0 Å². The molecule has 2 fully saturated rings. The number of hydrogen-bond acceptors (Lipinski definition) is 3. The van der Waals surface area contributed by atoms with Crippen molar-refractivity contribution in [2.75, 3.05) is 0 Å². The number of carbonyl (C=O) groups is 1. The van der Waals surface area contributed by atoms with Gasteiger partial charge in [0.15, 0.2) is 0 Å². The van der Waals surface area contributed by atoms with Crippen molar-refractivity contribution < 1.29 is 14.3 Å². The summed E-state index contributed by atoms with van der Waals surface area (Å²) in [7, 11) is 5.74. The zero-order valence-electron chi connectivity index (χ0n) is 23.1. The molecule has 2 atom stereocenters. The molecule has 1 aromatic heterocycles. The molecular formula is C30H43BFN3O2. The molecule has 5 nitrogen and oxygen atoms in total. The van der Waals surface area contributed by atoms with Gasteiger partial charge in [-0.15, -0.1) is 0 Å². The molecule has 37 heavy (non-hydrogen) atoms. The van der Waals surface area contributed by atoms with Crippen LogP contribution in [0.4, 0.5) is 4.39 Å². The standard InChI is InChI=1S/C24H28BFN2O2.C4H9N.C2H6/c1-14-8-17(13-19(26)9-14)21-6-7-24(3,30)28(21)23(29)18-11-16(12-18)10-15(2)20-4-5-22(25)27-20;1-2-3-4-5;1-2/h4-5,8-9,13,16,18,21,27,30H,2,6-7,10-12H2,1,3H3;4-5H,2-3H2,1H3;1-2H3. The molecule has 1 saturated heterocycles. The average Bonchev–Trinajstić information content (AvgIpc) is 3.39. The largest absolute Gasteiger partial charge is 0.371 e. The normalized spacial score (nSPS) is 24.2. The second-order valence-corrected chi connectivity index (χ2v) is 10.2. The van der Waals surface area contributed by atoms with Gasteiger partial charge in [0.2, 0.25) is 5.91 Å². The first-order valence-corrected chi connectivity index (χ1v) is 13.5. The number of unbranched alkanes of at least 4 members (excludes halogenated alkanes) is 1. The van der Waals surface area contributed by atoms with E-state index in [0.717, 1.165) is 54.5 Å². The minimum Gasteiger partial charge on any atom is -0.371 e. The maximum atomic E-state index is 14.0. The lowest BCUT2D eigenvalue weighted by atomic mass is 9.71. The van der Waals surface area contributed by atoms with Crippen LogP contribution in [-0.2, 0) is 4.79 Å². The number of allylic oxidation sites excluding steroid dienone is 1. The monoisotopic (exact) mass is 507 g/mol. The van der Waals surface area contributed by atoms with E-state index in [1.807, 2.05) is 39.0 Å². The number of rotatable bonds is 7. The van der Waals surface area contributed by atoms with Crippen molar-refractivity contribution in [3.63, 3.8) is 0 Å². The highest BCUT2D eigenvalue weighted by Gasteiger charge is 2.49. The number of hydrogen-bond donors (Lipinski definition) is 3. The number of nitrogens with zero attached hydrogens (tertiary/aromatic N) is 1. The van der Waals surface area contributed by atoms with Gasteiger partial charge < -0.3 is 20.4 Å². The number of amides is 1. The summed E-state index contributed by atoms with van der Waals surface area (Å²) < 4.78 is 14.0. The van der Waals surface area contributed by atoms with Gasteiger partial charge in [-0.2, -0.15) is 0 Å². The number of aliphatic hydroxyl groups is 1. The first kappa shape index (κ1) is 30.6. The zero-order valence-corrected chi connectivity index (χ0v) is 23.1. The maximum Gasteiger partial charge on any atom is 0.228 e. The predicted octanol–water partition coefficient (Wildman–Crippen LogP) is 6.22. The zero-order chi connectivity index (χ0) is 27.8. The summed E-state index contributed by atoms with van der Waals surface area (Å²) in [5.41, 5.74) is 2.90. The van der Waals surface area contributed by atoms with Crippen LogP contribution in [0.15, 0.2) is 36.9 Å².